The molecule has 0 radical (unpaired) electrons. The van der Waals surface area contributed by atoms with Gasteiger partial charge in [-0.25, -0.2) is 13.1 Å². The van der Waals surface area contributed by atoms with Gasteiger partial charge in [0.05, 0.1) is 6.26 Å². The Morgan fingerprint density at radius 2 is 1.86 bits per heavy atom. The maximum Gasteiger partial charge on any atom is 0.220 e. The molecule has 0 aromatic carbocycles. The number of rotatable bonds is 10. The summed E-state index contributed by atoms with van der Waals surface area (Å²) in [5.41, 5.74) is 5.42. The minimum Gasteiger partial charge on any atom is -0.356 e. The Labute approximate surface area is 140 Å². The third-order valence-corrected chi connectivity index (χ3v) is 4.67. The maximum atomic E-state index is 11.7. The van der Waals surface area contributed by atoms with Crippen molar-refractivity contribution in [2.24, 2.45) is 11.7 Å². The van der Waals surface area contributed by atoms with E-state index in [0.717, 1.165) is 44.9 Å². The van der Waals surface area contributed by atoms with Crippen LogP contribution in [0.4, 0.5) is 0 Å². The van der Waals surface area contributed by atoms with Crippen LogP contribution < -0.4 is 15.8 Å². The molecule has 1 saturated carbocycles. The highest BCUT2D eigenvalue weighted by molar-refractivity contribution is 7.88. The molecule has 0 spiro atoms. The molecule has 1 fully saturated rings. The Morgan fingerprint density at radius 1 is 1.18 bits per heavy atom. The van der Waals surface area contributed by atoms with Gasteiger partial charge in [0, 0.05) is 19.0 Å². The second-order valence-electron chi connectivity index (χ2n) is 5.94. The van der Waals surface area contributed by atoms with E-state index in [2.05, 4.69) is 10.0 Å². The van der Waals surface area contributed by atoms with Gasteiger partial charge in [-0.05, 0) is 38.1 Å². The number of halogens is 1. The summed E-state index contributed by atoms with van der Waals surface area (Å²) in [7, 11) is -3.18. The molecule has 2 atom stereocenters. The lowest BCUT2D eigenvalue weighted by molar-refractivity contribution is -0.121. The molecule has 0 aliphatic heterocycles. The van der Waals surface area contributed by atoms with Crippen LogP contribution in [0.1, 0.15) is 51.4 Å². The first-order valence-corrected chi connectivity index (χ1v) is 9.75. The molecule has 1 amide bonds. The Balaban J connectivity index is 0.00000441. The monoisotopic (exact) mass is 355 g/mol. The molecule has 1 aliphatic rings. The van der Waals surface area contributed by atoms with Crippen molar-refractivity contribution in [2.45, 2.75) is 57.4 Å². The molecule has 132 valence electrons. The number of carbonyl (C=O) groups excluding carboxylic acids is 1. The number of unbranched alkanes of at least 4 members (excludes halogenated alkanes) is 3. The molecule has 22 heavy (non-hydrogen) atoms. The summed E-state index contributed by atoms with van der Waals surface area (Å²) >= 11 is 0. The van der Waals surface area contributed by atoms with Gasteiger partial charge in [-0.3, -0.25) is 4.79 Å². The van der Waals surface area contributed by atoms with Crippen LogP contribution in [0, 0.1) is 5.92 Å². The van der Waals surface area contributed by atoms with Gasteiger partial charge in [0.2, 0.25) is 15.9 Å². The number of nitrogens with one attached hydrogen (secondary N) is 2. The first-order valence-electron chi connectivity index (χ1n) is 7.86. The van der Waals surface area contributed by atoms with Crippen molar-refractivity contribution in [3.63, 3.8) is 0 Å². The molecule has 1 aliphatic carbocycles. The van der Waals surface area contributed by atoms with Crippen molar-refractivity contribution in [2.75, 3.05) is 19.3 Å². The summed E-state index contributed by atoms with van der Waals surface area (Å²) in [5.74, 6) is 0.272. The molecule has 0 bridgehead atoms. The summed E-state index contributed by atoms with van der Waals surface area (Å²) in [5, 5.41) is 2.93. The zero-order valence-electron chi connectivity index (χ0n) is 13.3. The molecule has 4 N–H and O–H groups in total. The highest BCUT2D eigenvalue weighted by atomic mass is 35.5. The van der Waals surface area contributed by atoms with E-state index in [9.17, 15) is 13.2 Å². The fourth-order valence-corrected chi connectivity index (χ4v) is 3.69. The Kier molecular flexibility index (Phi) is 11.0. The van der Waals surface area contributed by atoms with E-state index in [4.69, 9.17) is 5.73 Å². The minimum atomic E-state index is -3.18. The molecule has 0 saturated heterocycles. The number of hydrogen-bond donors (Lipinski definition) is 3. The number of carbonyl (C=O) groups is 1. The van der Waals surface area contributed by atoms with Crippen LogP contribution in [0.15, 0.2) is 0 Å². The molecular formula is C14H30ClN3O3S. The standard InChI is InChI=1S/C14H29N3O3S.ClH/c1-21(19,20)17-13-8-6-7-12(13)11-16-14(18)9-4-2-3-5-10-15;/h12-13,17H,2-11,15H2,1H3,(H,16,18);1H. The average Bonchev–Trinajstić information content (AvgIpc) is 2.81. The SMILES string of the molecule is CS(=O)(=O)NC1CCCC1CNC(=O)CCCCCCN.Cl. The molecule has 6 nitrogen and oxygen atoms in total. The topological polar surface area (TPSA) is 101 Å². The van der Waals surface area contributed by atoms with Crippen molar-refractivity contribution in [3.8, 4) is 0 Å². The van der Waals surface area contributed by atoms with Crippen LogP contribution >= 0.6 is 12.4 Å². The van der Waals surface area contributed by atoms with E-state index < -0.39 is 10.0 Å². The largest absolute Gasteiger partial charge is 0.356 e. The molecular weight excluding hydrogens is 326 g/mol. The third-order valence-electron chi connectivity index (χ3n) is 3.94. The zero-order valence-corrected chi connectivity index (χ0v) is 15.0. The summed E-state index contributed by atoms with van der Waals surface area (Å²) in [6.45, 7) is 1.28. The van der Waals surface area contributed by atoms with Crippen molar-refractivity contribution >= 4 is 28.3 Å². The van der Waals surface area contributed by atoms with E-state index in [1.807, 2.05) is 0 Å². The van der Waals surface area contributed by atoms with Crippen LogP contribution in [-0.4, -0.2) is 39.7 Å². The van der Waals surface area contributed by atoms with E-state index in [1.54, 1.807) is 0 Å². The third kappa shape index (κ3) is 9.61. The Hall–Kier alpha value is -0.370. The fourth-order valence-electron chi connectivity index (χ4n) is 2.83. The van der Waals surface area contributed by atoms with E-state index >= 15 is 0 Å². The molecule has 8 heteroatoms. The lowest BCUT2D eigenvalue weighted by Gasteiger charge is -2.20. The van der Waals surface area contributed by atoms with Crippen LogP contribution in [0.3, 0.4) is 0 Å². The van der Waals surface area contributed by atoms with Crippen LogP contribution in [0.2, 0.25) is 0 Å². The van der Waals surface area contributed by atoms with Gasteiger partial charge in [0.15, 0.2) is 0 Å². The van der Waals surface area contributed by atoms with E-state index in [0.29, 0.717) is 19.5 Å². The normalized spacial score (nSPS) is 21.4. The Morgan fingerprint density at radius 3 is 2.50 bits per heavy atom. The van der Waals surface area contributed by atoms with E-state index in [1.165, 1.54) is 6.26 Å². The predicted octanol–water partition coefficient (Wildman–Crippen LogP) is 1.15. The van der Waals surface area contributed by atoms with Crippen molar-refractivity contribution in [1.29, 1.82) is 0 Å². The van der Waals surface area contributed by atoms with Crippen LogP contribution in [0.5, 0.6) is 0 Å². The lowest BCUT2D eigenvalue weighted by Crippen LogP contribution is -2.41. The number of amides is 1. The quantitative estimate of drug-likeness (QED) is 0.511. The maximum absolute atomic E-state index is 11.7. The summed E-state index contributed by atoms with van der Waals surface area (Å²) in [4.78, 5) is 11.7. The first kappa shape index (κ1) is 21.6. The van der Waals surface area contributed by atoms with Crippen molar-refractivity contribution in [1.82, 2.24) is 10.0 Å². The molecule has 2 unspecified atom stereocenters. The van der Waals surface area contributed by atoms with Gasteiger partial charge in [-0.1, -0.05) is 19.3 Å². The number of sulfonamides is 1. The number of nitrogens with two attached hydrogens (primary N) is 1. The van der Waals surface area contributed by atoms with Gasteiger partial charge in [-0.15, -0.1) is 12.4 Å². The number of hydrogen-bond acceptors (Lipinski definition) is 4. The molecule has 0 aromatic heterocycles. The summed E-state index contributed by atoms with van der Waals surface area (Å²) in [6, 6.07) is -0.0372. The zero-order chi connectivity index (χ0) is 15.7. The van der Waals surface area contributed by atoms with Crippen molar-refractivity contribution < 1.29 is 13.2 Å². The van der Waals surface area contributed by atoms with Gasteiger partial charge in [0.25, 0.3) is 0 Å². The highest BCUT2D eigenvalue weighted by Gasteiger charge is 2.29. The highest BCUT2D eigenvalue weighted by Crippen LogP contribution is 2.25. The van der Waals surface area contributed by atoms with Crippen LogP contribution in [0.25, 0.3) is 0 Å². The summed E-state index contributed by atoms with van der Waals surface area (Å²) < 4.78 is 25.2. The van der Waals surface area contributed by atoms with Gasteiger partial charge >= 0.3 is 0 Å². The smallest absolute Gasteiger partial charge is 0.220 e. The van der Waals surface area contributed by atoms with Crippen molar-refractivity contribution in [3.05, 3.63) is 0 Å². The van der Waals surface area contributed by atoms with Crippen LogP contribution in [-0.2, 0) is 14.8 Å². The molecule has 0 aromatic rings. The fraction of sp³-hybridized carbons (Fsp3) is 0.929. The molecule has 1 rings (SSSR count). The summed E-state index contributed by atoms with van der Waals surface area (Å²) in [6.07, 6.45) is 8.57. The minimum absolute atomic E-state index is 0. The second kappa shape index (κ2) is 11.2. The van der Waals surface area contributed by atoms with E-state index in [-0.39, 0.29) is 30.3 Å². The van der Waals surface area contributed by atoms with Gasteiger partial charge in [0.1, 0.15) is 0 Å². The van der Waals surface area contributed by atoms with Gasteiger partial charge in [-0.2, -0.15) is 0 Å². The second-order valence-corrected chi connectivity index (χ2v) is 7.72. The van der Waals surface area contributed by atoms with Gasteiger partial charge < -0.3 is 11.1 Å². The molecule has 0 heterocycles. The Bertz CT molecular complexity index is 418. The predicted molar refractivity (Wildman–Crippen MR) is 91.5 cm³/mol. The average molecular weight is 356 g/mol. The first-order chi connectivity index (χ1) is 9.92. The lowest BCUT2D eigenvalue weighted by atomic mass is 10.0.